The van der Waals surface area contributed by atoms with E-state index in [-0.39, 0.29) is 5.75 Å². The Hall–Kier alpha value is -4.41. The largest absolute Gasteiger partial charge is 0.508 e. The number of Topliss-reactive ketones (excluding diaryl/α,β-unsaturated/α-hetero) is 1. The molecule has 0 aromatic heterocycles. The van der Waals surface area contributed by atoms with Gasteiger partial charge in [0.2, 0.25) is 11.8 Å². The number of nitrogens with zero attached hydrogens (tertiary/aromatic N) is 2. The number of ketones is 1. The molecule has 3 N–H and O–H groups in total. The van der Waals surface area contributed by atoms with E-state index in [1.54, 1.807) is 24.3 Å². The predicted octanol–water partition coefficient (Wildman–Crippen LogP) is 1.37. The molecular formula is C22H24N4O7. The summed E-state index contributed by atoms with van der Waals surface area (Å²) in [4.78, 5) is 35.6. The van der Waals surface area contributed by atoms with Crippen LogP contribution in [0.1, 0.15) is 24.0 Å². The van der Waals surface area contributed by atoms with Crippen molar-refractivity contribution in [3.05, 3.63) is 47.5 Å². The lowest BCUT2D eigenvalue weighted by Crippen LogP contribution is -2.25. The van der Waals surface area contributed by atoms with Crippen molar-refractivity contribution in [3.8, 4) is 23.0 Å². The van der Waals surface area contributed by atoms with E-state index in [0.29, 0.717) is 28.4 Å². The SMILES string of the molecule is COc1cc(O)cc(/C=N/NC(=O)CC(=O)CC(=O)N/N=C/c2cc(OC)cc(OC)c2)c1. The van der Waals surface area contributed by atoms with Gasteiger partial charge in [-0.15, -0.1) is 0 Å². The van der Waals surface area contributed by atoms with E-state index >= 15 is 0 Å². The van der Waals surface area contributed by atoms with Crippen molar-refractivity contribution in [2.24, 2.45) is 10.2 Å². The smallest absolute Gasteiger partial charge is 0.247 e. The molecule has 0 aliphatic heterocycles. The molecule has 0 unspecified atom stereocenters. The lowest BCUT2D eigenvalue weighted by atomic mass is 10.2. The Morgan fingerprint density at radius 3 is 1.64 bits per heavy atom. The number of hydrogen-bond donors (Lipinski definition) is 3. The zero-order chi connectivity index (χ0) is 24.2. The maximum Gasteiger partial charge on any atom is 0.247 e. The fourth-order valence-corrected chi connectivity index (χ4v) is 2.56. The molecule has 174 valence electrons. The van der Waals surface area contributed by atoms with Gasteiger partial charge in [0.25, 0.3) is 0 Å². The predicted molar refractivity (Wildman–Crippen MR) is 120 cm³/mol. The molecule has 0 aliphatic carbocycles. The Morgan fingerprint density at radius 2 is 1.18 bits per heavy atom. The Bertz CT molecular complexity index is 1040. The standard InChI is InChI=1S/C22H24N4O7/c1-31-18-5-14(4-16(27)8-18)12-23-25-21(29)9-17(28)10-22(30)26-24-13-15-6-19(32-2)11-20(7-15)33-3/h4-8,11-13,27H,9-10H2,1-3H3,(H,25,29)(H,26,30)/b23-12+,24-13+. The van der Waals surface area contributed by atoms with Crippen LogP contribution in [0.15, 0.2) is 46.6 Å². The second-order valence-electron chi connectivity index (χ2n) is 6.59. The Kier molecular flexibility index (Phi) is 9.37. The van der Waals surface area contributed by atoms with Gasteiger partial charge in [0.1, 0.15) is 23.0 Å². The number of aromatic hydroxyl groups is 1. The van der Waals surface area contributed by atoms with Crippen molar-refractivity contribution in [1.82, 2.24) is 10.9 Å². The average molecular weight is 456 g/mol. The number of hydrogen-bond acceptors (Lipinski definition) is 9. The maximum absolute atomic E-state index is 11.9. The van der Waals surface area contributed by atoms with Crippen LogP contribution in [-0.4, -0.2) is 56.5 Å². The number of phenolic OH excluding ortho intramolecular Hbond substituents is 1. The van der Waals surface area contributed by atoms with E-state index in [9.17, 15) is 19.5 Å². The third-order valence-electron chi connectivity index (χ3n) is 4.04. The third-order valence-corrected chi connectivity index (χ3v) is 4.04. The number of rotatable bonds is 11. The van der Waals surface area contributed by atoms with E-state index in [1.807, 2.05) is 0 Å². The van der Waals surface area contributed by atoms with Crippen LogP contribution in [0.3, 0.4) is 0 Å². The molecule has 2 rings (SSSR count). The highest BCUT2D eigenvalue weighted by atomic mass is 16.5. The van der Waals surface area contributed by atoms with Crippen LogP contribution in [-0.2, 0) is 14.4 Å². The highest BCUT2D eigenvalue weighted by molar-refractivity contribution is 6.06. The van der Waals surface area contributed by atoms with Gasteiger partial charge in [-0.2, -0.15) is 10.2 Å². The fourth-order valence-electron chi connectivity index (χ4n) is 2.56. The number of ether oxygens (including phenoxy) is 3. The normalized spacial score (nSPS) is 10.8. The first kappa shape index (κ1) is 24.9. The minimum Gasteiger partial charge on any atom is -0.508 e. The van der Waals surface area contributed by atoms with Crippen molar-refractivity contribution < 1.29 is 33.7 Å². The van der Waals surface area contributed by atoms with E-state index in [2.05, 4.69) is 21.1 Å². The molecule has 11 heteroatoms. The van der Waals surface area contributed by atoms with Gasteiger partial charge in [0.15, 0.2) is 5.78 Å². The van der Waals surface area contributed by atoms with E-state index < -0.39 is 30.4 Å². The first-order valence-electron chi connectivity index (χ1n) is 9.59. The summed E-state index contributed by atoms with van der Waals surface area (Å²) >= 11 is 0. The number of hydrazone groups is 2. The van der Waals surface area contributed by atoms with Gasteiger partial charge in [-0.05, 0) is 24.3 Å². The van der Waals surface area contributed by atoms with Crippen LogP contribution in [0.2, 0.25) is 0 Å². The molecule has 2 amide bonds. The zero-order valence-corrected chi connectivity index (χ0v) is 18.3. The summed E-state index contributed by atoms with van der Waals surface area (Å²) in [5, 5.41) is 17.1. The number of amides is 2. The molecule has 0 spiro atoms. The van der Waals surface area contributed by atoms with Crippen LogP contribution in [0.25, 0.3) is 0 Å². The summed E-state index contributed by atoms with van der Waals surface area (Å²) < 4.78 is 15.3. The minimum absolute atomic E-state index is 0.0310. The average Bonchev–Trinajstić information content (AvgIpc) is 2.78. The van der Waals surface area contributed by atoms with E-state index in [4.69, 9.17) is 14.2 Å². The molecule has 2 aromatic rings. The number of carbonyl (C=O) groups is 3. The van der Waals surface area contributed by atoms with Gasteiger partial charge in [-0.25, -0.2) is 10.9 Å². The number of carbonyl (C=O) groups excluding carboxylic acids is 3. The summed E-state index contributed by atoms with van der Waals surface area (Å²) in [6, 6.07) is 9.46. The lowest BCUT2D eigenvalue weighted by Gasteiger charge is -2.05. The first-order chi connectivity index (χ1) is 15.8. The summed E-state index contributed by atoms with van der Waals surface area (Å²) in [5.74, 6) is -0.494. The Morgan fingerprint density at radius 1 is 0.758 bits per heavy atom. The second-order valence-corrected chi connectivity index (χ2v) is 6.59. The molecule has 11 nitrogen and oxygen atoms in total. The molecule has 0 heterocycles. The molecule has 0 aliphatic rings. The molecule has 2 aromatic carbocycles. The summed E-state index contributed by atoms with van der Waals surface area (Å²) in [6.45, 7) is 0. The monoisotopic (exact) mass is 456 g/mol. The minimum atomic E-state index is -0.692. The number of benzene rings is 2. The van der Waals surface area contributed by atoms with Gasteiger partial charge in [0.05, 0.1) is 46.6 Å². The molecule has 33 heavy (non-hydrogen) atoms. The van der Waals surface area contributed by atoms with Crippen LogP contribution < -0.4 is 25.1 Å². The molecule has 0 saturated carbocycles. The van der Waals surface area contributed by atoms with Gasteiger partial charge in [-0.3, -0.25) is 14.4 Å². The molecule has 0 radical (unpaired) electrons. The second kappa shape index (κ2) is 12.4. The van der Waals surface area contributed by atoms with Gasteiger partial charge in [0, 0.05) is 23.3 Å². The van der Waals surface area contributed by atoms with Crippen LogP contribution in [0, 0.1) is 0 Å². The Labute approximate surface area is 190 Å². The lowest BCUT2D eigenvalue weighted by molar-refractivity contribution is -0.131. The molecule has 0 bridgehead atoms. The first-order valence-corrected chi connectivity index (χ1v) is 9.59. The van der Waals surface area contributed by atoms with Crippen LogP contribution >= 0.6 is 0 Å². The van der Waals surface area contributed by atoms with Crippen molar-refractivity contribution in [1.29, 1.82) is 0 Å². The van der Waals surface area contributed by atoms with E-state index in [1.165, 1.54) is 45.9 Å². The zero-order valence-electron chi connectivity index (χ0n) is 18.3. The number of phenols is 1. The summed E-state index contributed by atoms with van der Waals surface area (Å²) in [5.41, 5.74) is 5.49. The highest BCUT2D eigenvalue weighted by Crippen LogP contribution is 2.21. The van der Waals surface area contributed by atoms with Gasteiger partial charge < -0.3 is 19.3 Å². The summed E-state index contributed by atoms with van der Waals surface area (Å²) in [6.07, 6.45) is 1.58. The van der Waals surface area contributed by atoms with Gasteiger partial charge >= 0.3 is 0 Å². The molecule has 0 fully saturated rings. The van der Waals surface area contributed by atoms with Crippen molar-refractivity contribution in [2.75, 3.05) is 21.3 Å². The third kappa shape index (κ3) is 8.69. The quantitative estimate of drug-likeness (QED) is 0.263. The fraction of sp³-hybridized carbons (Fsp3) is 0.227. The maximum atomic E-state index is 11.9. The topological polar surface area (TPSA) is 148 Å². The van der Waals surface area contributed by atoms with Crippen molar-refractivity contribution >= 4 is 30.0 Å². The van der Waals surface area contributed by atoms with Crippen molar-refractivity contribution in [3.63, 3.8) is 0 Å². The molecule has 0 atom stereocenters. The highest BCUT2D eigenvalue weighted by Gasteiger charge is 2.13. The number of methoxy groups -OCH3 is 3. The molecule has 0 saturated heterocycles. The van der Waals surface area contributed by atoms with Crippen LogP contribution in [0.4, 0.5) is 0 Å². The summed E-state index contributed by atoms with van der Waals surface area (Å²) in [7, 11) is 4.46. The number of nitrogens with one attached hydrogen (secondary N) is 2. The van der Waals surface area contributed by atoms with E-state index in [0.717, 1.165) is 0 Å². The Balaban J connectivity index is 1.79. The van der Waals surface area contributed by atoms with Gasteiger partial charge in [-0.1, -0.05) is 0 Å². The molecular weight excluding hydrogens is 432 g/mol. The van der Waals surface area contributed by atoms with Crippen molar-refractivity contribution in [2.45, 2.75) is 12.8 Å². The van der Waals surface area contributed by atoms with Crippen LogP contribution in [0.5, 0.6) is 23.0 Å².